The van der Waals surface area contributed by atoms with Gasteiger partial charge in [-0.05, 0) is 24.7 Å². The summed E-state index contributed by atoms with van der Waals surface area (Å²) in [5.41, 5.74) is 0.878. The van der Waals surface area contributed by atoms with Crippen molar-refractivity contribution in [3.05, 3.63) is 33.8 Å². The van der Waals surface area contributed by atoms with Crippen molar-refractivity contribution >= 4 is 21.9 Å². The van der Waals surface area contributed by atoms with Gasteiger partial charge in [0.25, 0.3) is 0 Å². The van der Waals surface area contributed by atoms with E-state index >= 15 is 0 Å². The fraction of sp³-hybridized carbons (Fsp3) is 0.417. The summed E-state index contributed by atoms with van der Waals surface area (Å²) < 4.78 is 36.8. The van der Waals surface area contributed by atoms with E-state index in [4.69, 9.17) is 5.11 Å². The zero-order valence-corrected chi connectivity index (χ0v) is 11.8. The van der Waals surface area contributed by atoms with Gasteiger partial charge in [-0.2, -0.15) is 13.2 Å². The van der Waals surface area contributed by atoms with Gasteiger partial charge in [-0.25, -0.2) is 4.79 Å². The van der Waals surface area contributed by atoms with Crippen LogP contribution in [0.25, 0.3) is 0 Å². The van der Waals surface area contributed by atoms with Crippen molar-refractivity contribution in [2.45, 2.75) is 19.1 Å². The summed E-state index contributed by atoms with van der Waals surface area (Å²) in [7, 11) is 1.59. The molecular weight excluding hydrogens is 327 g/mol. The summed E-state index contributed by atoms with van der Waals surface area (Å²) >= 11 is 3.22. The third kappa shape index (κ3) is 5.61. The maximum atomic E-state index is 12.1. The molecule has 0 aromatic heterocycles. The standard InChI is InChI=1S/C12H13BrF3NO2/c1-17(5-4-12(14,15)16)7-9-3-2-8(11(18)19)6-10(9)13/h2-3,6H,4-5,7H2,1H3,(H,18,19). The highest BCUT2D eigenvalue weighted by Crippen LogP contribution is 2.22. The lowest BCUT2D eigenvalue weighted by Crippen LogP contribution is -2.24. The molecule has 1 aromatic carbocycles. The first-order valence-electron chi connectivity index (χ1n) is 5.46. The average Bonchev–Trinajstić information content (AvgIpc) is 2.28. The van der Waals surface area contributed by atoms with Crippen molar-refractivity contribution in [3.8, 4) is 0 Å². The second-order valence-electron chi connectivity index (χ2n) is 4.21. The lowest BCUT2D eigenvalue weighted by molar-refractivity contribution is -0.137. The van der Waals surface area contributed by atoms with Crippen molar-refractivity contribution < 1.29 is 23.1 Å². The zero-order chi connectivity index (χ0) is 14.6. The highest BCUT2D eigenvalue weighted by atomic mass is 79.9. The molecular formula is C12H13BrF3NO2. The van der Waals surface area contributed by atoms with Crippen molar-refractivity contribution in [2.24, 2.45) is 0 Å². The molecule has 0 aliphatic heterocycles. The molecule has 0 saturated carbocycles. The Morgan fingerprint density at radius 3 is 2.53 bits per heavy atom. The number of carbonyl (C=O) groups is 1. The van der Waals surface area contributed by atoms with Crippen molar-refractivity contribution in [2.75, 3.05) is 13.6 Å². The Morgan fingerprint density at radius 1 is 1.42 bits per heavy atom. The van der Waals surface area contributed by atoms with Gasteiger partial charge < -0.3 is 10.0 Å². The van der Waals surface area contributed by atoms with E-state index < -0.39 is 18.6 Å². The van der Waals surface area contributed by atoms with Crippen LogP contribution >= 0.6 is 15.9 Å². The van der Waals surface area contributed by atoms with Gasteiger partial charge in [-0.1, -0.05) is 22.0 Å². The van der Waals surface area contributed by atoms with E-state index in [2.05, 4.69) is 15.9 Å². The molecule has 0 radical (unpaired) electrons. The summed E-state index contributed by atoms with van der Waals surface area (Å²) in [6.07, 6.45) is -5.03. The molecule has 106 valence electrons. The number of rotatable bonds is 5. The largest absolute Gasteiger partial charge is 0.478 e. The lowest BCUT2D eigenvalue weighted by Gasteiger charge is -2.18. The van der Waals surface area contributed by atoms with E-state index in [1.807, 2.05) is 0 Å². The highest BCUT2D eigenvalue weighted by molar-refractivity contribution is 9.10. The molecule has 19 heavy (non-hydrogen) atoms. The fourth-order valence-corrected chi connectivity index (χ4v) is 2.00. The Bertz CT molecular complexity index is 463. The predicted octanol–water partition coefficient (Wildman–Crippen LogP) is 3.53. The Hall–Kier alpha value is -1.08. The molecule has 0 heterocycles. The van der Waals surface area contributed by atoms with Gasteiger partial charge in [-0.15, -0.1) is 0 Å². The third-order valence-electron chi connectivity index (χ3n) is 2.52. The Kier molecular flexibility index (Phi) is 5.37. The number of carboxylic acid groups (broad SMARTS) is 1. The number of hydrogen-bond donors (Lipinski definition) is 1. The van der Waals surface area contributed by atoms with Crippen molar-refractivity contribution in [3.63, 3.8) is 0 Å². The summed E-state index contributed by atoms with van der Waals surface area (Å²) in [5.74, 6) is -1.04. The number of carboxylic acids is 1. The minimum Gasteiger partial charge on any atom is -0.478 e. The van der Waals surface area contributed by atoms with E-state index in [1.54, 1.807) is 13.1 Å². The average molecular weight is 340 g/mol. The van der Waals surface area contributed by atoms with Gasteiger partial charge in [-0.3, -0.25) is 0 Å². The molecule has 0 aliphatic rings. The van der Waals surface area contributed by atoms with Crippen LogP contribution in [0.5, 0.6) is 0 Å². The van der Waals surface area contributed by atoms with Crippen molar-refractivity contribution in [1.29, 1.82) is 0 Å². The quantitative estimate of drug-likeness (QED) is 0.892. The second-order valence-corrected chi connectivity index (χ2v) is 5.07. The first kappa shape index (κ1) is 16.0. The Labute approximate surface area is 117 Å². The molecule has 1 N–H and O–H groups in total. The topological polar surface area (TPSA) is 40.5 Å². The van der Waals surface area contributed by atoms with Gasteiger partial charge in [0.05, 0.1) is 12.0 Å². The van der Waals surface area contributed by atoms with Gasteiger partial charge in [0.15, 0.2) is 0 Å². The summed E-state index contributed by atoms with van der Waals surface area (Å²) in [6, 6.07) is 4.47. The number of benzene rings is 1. The van der Waals surface area contributed by atoms with E-state index in [9.17, 15) is 18.0 Å². The Morgan fingerprint density at radius 2 is 2.05 bits per heavy atom. The molecule has 3 nitrogen and oxygen atoms in total. The lowest BCUT2D eigenvalue weighted by atomic mass is 10.1. The van der Waals surface area contributed by atoms with Crippen LogP contribution < -0.4 is 0 Å². The van der Waals surface area contributed by atoms with Crippen LogP contribution in [0.2, 0.25) is 0 Å². The van der Waals surface area contributed by atoms with E-state index in [0.29, 0.717) is 11.0 Å². The van der Waals surface area contributed by atoms with Crippen LogP contribution in [-0.2, 0) is 6.54 Å². The first-order valence-corrected chi connectivity index (χ1v) is 6.25. The molecule has 7 heteroatoms. The number of alkyl halides is 3. The van der Waals surface area contributed by atoms with Crippen LogP contribution in [0.1, 0.15) is 22.3 Å². The summed E-state index contributed by atoms with van der Waals surface area (Å²) in [5, 5.41) is 8.80. The summed E-state index contributed by atoms with van der Waals surface area (Å²) in [6.45, 7) is 0.215. The minimum absolute atomic E-state index is 0.101. The smallest absolute Gasteiger partial charge is 0.390 e. The van der Waals surface area contributed by atoms with E-state index in [-0.39, 0.29) is 12.1 Å². The fourth-order valence-electron chi connectivity index (χ4n) is 1.50. The third-order valence-corrected chi connectivity index (χ3v) is 3.26. The number of aromatic carboxylic acids is 1. The maximum Gasteiger partial charge on any atom is 0.390 e. The molecule has 0 atom stereocenters. The number of nitrogens with zero attached hydrogens (tertiary/aromatic N) is 1. The monoisotopic (exact) mass is 339 g/mol. The van der Waals surface area contributed by atoms with Crippen LogP contribution in [0, 0.1) is 0 Å². The minimum atomic E-state index is -4.17. The van der Waals surface area contributed by atoms with Crippen LogP contribution in [0.3, 0.4) is 0 Å². The molecule has 0 aliphatic carbocycles. The molecule has 0 amide bonds. The number of halogens is 4. The van der Waals surface area contributed by atoms with Crippen LogP contribution in [0.15, 0.2) is 22.7 Å². The zero-order valence-electron chi connectivity index (χ0n) is 10.2. The predicted molar refractivity (Wildman–Crippen MR) is 68.1 cm³/mol. The van der Waals surface area contributed by atoms with Gasteiger partial charge in [0.1, 0.15) is 0 Å². The molecule has 0 bridgehead atoms. The highest BCUT2D eigenvalue weighted by Gasteiger charge is 2.27. The van der Waals surface area contributed by atoms with Crippen LogP contribution in [0.4, 0.5) is 13.2 Å². The van der Waals surface area contributed by atoms with Crippen molar-refractivity contribution in [1.82, 2.24) is 4.90 Å². The van der Waals surface area contributed by atoms with Crippen LogP contribution in [-0.4, -0.2) is 35.7 Å². The first-order chi connectivity index (χ1) is 8.69. The number of hydrogen-bond acceptors (Lipinski definition) is 2. The maximum absolute atomic E-state index is 12.1. The Balaban J connectivity index is 2.64. The SMILES string of the molecule is CN(CCC(F)(F)F)Cc1ccc(C(=O)O)cc1Br. The normalized spacial score (nSPS) is 11.9. The molecule has 1 rings (SSSR count). The van der Waals surface area contributed by atoms with Gasteiger partial charge >= 0.3 is 12.1 Å². The molecule has 0 saturated heterocycles. The molecule has 1 aromatic rings. The van der Waals surface area contributed by atoms with Gasteiger partial charge in [0, 0.05) is 17.6 Å². The van der Waals surface area contributed by atoms with Gasteiger partial charge in [0.2, 0.25) is 0 Å². The molecule has 0 spiro atoms. The van der Waals surface area contributed by atoms with E-state index in [0.717, 1.165) is 5.56 Å². The van der Waals surface area contributed by atoms with E-state index in [1.165, 1.54) is 17.0 Å². The summed E-state index contributed by atoms with van der Waals surface area (Å²) in [4.78, 5) is 12.3. The molecule has 0 fully saturated rings. The molecule has 0 unspecified atom stereocenters. The second kappa shape index (κ2) is 6.38.